The molecule has 1 aliphatic rings. The second kappa shape index (κ2) is 8.25. The van der Waals surface area contributed by atoms with Crippen molar-refractivity contribution < 1.29 is 14.6 Å². The quantitative estimate of drug-likeness (QED) is 0.693. The van der Waals surface area contributed by atoms with Crippen LogP contribution in [0.2, 0.25) is 0 Å². The Balaban J connectivity index is 1.41. The van der Waals surface area contributed by atoms with Crippen molar-refractivity contribution in [3.05, 3.63) is 48.8 Å². The highest BCUT2D eigenvalue weighted by molar-refractivity contribution is 5.70. The molecule has 0 aliphatic carbocycles. The van der Waals surface area contributed by atoms with Crippen LogP contribution in [0.3, 0.4) is 0 Å². The van der Waals surface area contributed by atoms with Crippen LogP contribution >= 0.6 is 0 Å². The second-order valence-corrected chi connectivity index (χ2v) is 8.38. The van der Waals surface area contributed by atoms with E-state index in [9.17, 15) is 9.90 Å². The molecule has 0 radical (unpaired) electrons. The molecule has 9 nitrogen and oxygen atoms in total. The molecule has 1 fully saturated rings. The molecule has 9 heteroatoms. The molecule has 4 rings (SSSR count). The molecular formula is C22H26N6O3. The van der Waals surface area contributed by atoms with Gasteiger partial charge >= 0.3 is 6.09 Å². The minimum Gasteiger partial charge on any atom is -0.507 e. The van der Waals surface area contributed by atoms with E-state index in [0.717, 1.165) is 11.5 Å². The predicted molar refractivity (Wildman–Crippen MR) is 116 cm³/mol. The fourth-order valence-electron chi connectivity index (χ4n) is 3.38. The number of aromatic hydroxyl groups is 1. The van der Waals surface area contributed by atoms with Crippen molar-refractivity contribution in [1.82, 2.24) is 24.9 Å². The van der Waals surface area contributed by atoms with Crippen LogP contribution in [0.4, 0.5) is 10.6 Å². The summed E-state index contributed by atoms with van der Waals surface area (Å²) < 4.78 is 7.11. The Bertz CT molecular complexity index is 1040. The summed E-state index contributed by atoms with van der Waals surface area (Å²) in [5.74, 6) is 0.848. The first-order chi connectivity index (χ1) is 14.8. The molecule has 0 atom stereocenters. The monoisotopic (exact) mass is 422 g/mol. The van der Waals surface area contributed by atoms with Gasteiger partial charge in [-0.2, -0.15) is 5.10 Å². The van der Waals surface area contributed by atoms with E-state index in [4.69, 9.17) is 4.74 Å². The number of amides is 1. The summed E-state index contributed by atoms with van der Waals surface area (Å²) in [7, 11) is 0. The summed E-state index contributed by atoms with van der Waals surface area (Å²) in [6.45, 7) is 8.01. The second-order valence-electron chi connectivity index (χ2n) is 8.38. The maximum absolute atomic E-state index is 12.2. The van der Waals surface area contributed by atoms with Crippen molar-refractivity contribution >= 4 is 11.9 Å². The van der Waals surface area contributed by atoms with Crippen LogP contribution in [0.25, 0.3) is 16.9 Å². The molecule has 3 heterocycles. The van der Waals surface area contributed by atoms with Crippen LogP contribution in [0, 0.1) is 0 Å². The Kier molecular flexibility index (Phi) is 5.50. The van der Waals surface area contributed by atoms with E-state index in [0.29, 0.717) is 37.4 Å². The van der Waals surface area contributed by atoms with Gasteiger partial charge in [0, 0.05) is 50.2 Å². The highest BCUT2D eigenvalue weighted by Crippen LogP contribution is 2.30. The largest absolute Gasteiger partial charge is 0.507 e. The summed E-state index contributed by atoms with van der Waals surface area (Å²) in [6.07, 6.45) is 3.20. The predicted octanol–water partition coefficient (Wildman–Crippen LogP) is 3.09. The van der Waals surface area contributed by atoms with E-state index in [1.54, 1.807) is 27.9 Å². The molecule has 0 saturated carbocycles. The fourth-order valence-corrected chi connectivity index (χ4v) is 3.38. The summed E-state index contributed by atoms with van der Waals surface area (Å²) in [5.41, 5.74) is 1.45. The van der Waals surface area contributed by atoms with Crippen molar-refractivity contribution in [2.24, 2.45) is 0 Å². The maximum atomic E-state index is 12.2. The van der Waals surface area contributed by atoms with Crippen LogP contribution in [0.1, 0.15) is 20.8 Å². The standard InChI is InChI=1S/C22H26N6O3/c1-22(2,3)31-21(30)27-13-11-26(12-14-27)20-8-7-18(24-25-20)17-6-5-16(15-19(17)29)28-10-4-9-23-28/h4-10,15,29H,11-14H2,1-3H3. The normalized spacial score (nSPS) is 14.5. The molecular weight excluding hydrogens is 396 g/mol. The number of aromatic nitrogens is 4. The van der Waals surface area contributed by atoms with Gasteiger partial charge in [-0.1, -0.05) is 0 Å². The van der Waals surface area contributed by atoms with Crippen molar-refractivity contribution in [2.75, 3.05) is 31.1 Å². The minimum atomic E-state index is -0.502. The third-order valence-electron chi connectivity index (χ3n) is 4.93. The number of benzene rings is 1. The van der Waals surface area contributed by atoms with E-state index in [-0.39, 0.29) is 11.8 Å². The van der Waals surface area contributed by atoms with Crippen molar-refractivity contribution in [3.63, 3.8) is 0 Å². The number of ether oxygens (including phenoxy) is 1. The first kappa shape index (κ1) is 20.6. The number of piperazine rings is 1. The Hall–Kier alpha value is -3.62. The van der Waals surface area contributed by atoms with Crippen molar-refractivity contribution in [1.29, 1.82) is 0 Å². The van der Waals surface area contributed by atoms with E-state index in [2.05, 4.69) is 20.2 Å². The molecule has 1 amide bonds. The minimum absolute atomic E-state index is 0.112. The zero-order valence-electron chi connectivity index (χ0n) is 17.9. The fraction of sp³-hybridized carbons (Fsp3) is 0.364. The summed E-state index contributed by atoms with van der Waals surface area (Å²) in [4.78, 5) is 16.0. The van der Waals surface area contributed by atoms with Crippen molar-refractivity contribution in [3.8, 4) is 22.7 Å². The molecule has 1 saturated heterocycles. The SMILES string of the molecule is CC(C)(C)OC(=O)N1CCN(c2ccc(-c3ccc(-n4cccn4)cc3O)nn2)CC1. The van der Waals surface area contributed by atoms with Gasteiger partial charge in [0.1, 0.15) is 11.4 Å². The molecule has 0 unspecified atom stereocenters. The highest BCUT2D eigenvalue weighted by atomic mass is 16.6. The number of hydrogen-bond acceptors (Lipinski definition) is 7. The van der Waals surface area contributed by atoms with Crippen LogP contribution in [-0.2, 0) is 4.74 Å². The van der Waals surface area contributed by atoms with Crippen LogP contribution in [0.5, 0.6) is 5.75 Å². The van der Waals surface area contributed by atoms with E-state index in [1.807, 2.05) is 51.2 Å². The lowest BCUT2D eigenvalue weighted by atomic mass is 10.1. The summed E-state index contributed by atoms with van der Waals surface area (Å²) >= 11 is 0. The molecule has 0 bridgehead atoms. The first-order valence-electron chi connectivity index (χ1n) is 10.2. The van der Waals surface area contributed by atoms with Crippen LogP contribution in [-0.4, -0.2) is 67.9 Å². The van der Waals surface area contributed by atoms with Gasteiger partial charge < -0.3 is 19.6 Å². The lowest BCUT2D eigenvalue weighted by Crippen LogP contribution is -2.50. The number of carbonyl (C=O) groups is 1. The topological polar surface area (TPSA) is 96.6 Å². The van der Waals surface area contributed by atoms with Gasteiger partial charge in [0.05, 0.1) is 11.4 Å². The highest BCUT2D eigenvalue weighted by Gasteiger charge is 2.26. The zero-order valence-corrected chi connectivity index (χ0v) is 17.9. The zero-order chi connectivity index (χ0) is 22.0. The Morgan fingerprint density at radius 2 is 1.84 bits per heavy atom. The summed E-state index contributed by atoms with van der Waals surface area (Å²) in [6, 6.07) is 10.9. The van der Waals surface area contributed by atoms with Gasteiger partial charge in [-0.25, -0.2) is 9.48 Å². The van der Waals surface area contributed by atoms with E-state index >= 15 is 0 Å². The molecule has 1 aliphatic heterocycles. The van der Waals surface area contributed by atoms with Crippen LogP contribution < -0.4 is 4.90 Å². The average molecular weight is 422 g/mol. The third-order valence-corrected chi connectivity index (χ3v) is 4.93. The van der Waals surface area contributed by atoms with Gasteiger partial charge in [-0.3, -0.25) is 0 Å². The molecule has 3 aromatic rings. The third kappa shape index (κ3) is 4.76. The number of phenolic OH excluding ortho intramolecular Hbond substituents is 1. The number of hydrogen-bond donors (Lipinski definition) is 1. The number of rotatable bonds is 3. The molecule has 0 spiro atoms. The van der Waals surface area contributed by atoms with Gasteiger partial charge in [0.25, 0.3) is 0 Å². The molecule has 1 aromatic carbocycles. The molecule has 162 valence electrons. The number of phenols is 1. The summed E-state index contributed by atoms with van der Waals surface area (Å²) in [5, 5.41) is 23.3. The maximum Gasteiger partial charge on any atom is 0.410 e. The van der Waals surface area contributed by atoms with Crippen LogP contribution in [0.15, 0.2) is 48.8 Å². The van der Waals surface area contributed by atoms with Gasteiger partial charge in [0.2, 0.25) is 0 Å². The lowest BCUT2D eigenvalue weighted by molar-refractivity contribution is 0.0240. The van der Waals surface area contributed by atoms with Gasteiger partial charge in [0.15, 0.2) is 5.82 Å². The Morgan fingerprint density at radius 3 is 2.42 bits per heavy atom. The van der Waals surface area contributed by atoms with Crippen molar-refractivity contribution in [2.45, 2.75) is 26.4 Å². The molecule has 31 heavy (non-hydrogen) atoms. The number of anilines is 1. The Labute approximate surface area is 180 Å². The number of nitrogens with zero attached hydrogens (tertiary/aromatic N) is 6. The first-order valence-corrected chi connectivity index (χ1v) is 10.2. The van der Waals surface area contributed by atoms with E-state index < -0.39 is 5.60 Å². The smallest absolute Gasteiger partial charge is 0.410 e. The molecule has 1 N–H and O–H groups in total. The lowest BCUT2D eigenvalue weighted by Gasteiger charge is -2.35. The van der Waals surface area contributed by atoms with Gasteiger partial charge in [-0.05, 0) is 51.1 Å². The molecule has 2 aromatic heterocycles. The average Bonchev–Trinajstić information content (AvgIpc) is 3.28. The Morgan fingerprint density at radius 1 is 1.06 bits per heavy atom. The van der Waals surface area contributed by atoms with E-state index in [1.165, 1.54) is 0 Å². The van der Waals surface area contributed by atoms with Gasteiger partial charge in [-0.15, -0.1) is 10.2 Å². The number of carbonyl (C=O) groups excluding carboxylic acids is 1.